The van der Waals surface area contributed by atoms with Crippen molar-refractivity contribution in [3.8, 4) is 5.75 Å². The second kappa shape index (κ2) is 8.35. The van der Waals surface area contributed by atoms with Crippen molar-refractivity contribution in [2.45, 2.75) is 50.9 Å². The highest BCUT2D eigenvalue weighted by Gasteiger charge is 2.51. The molecule has 0 saturated heterocycles. The normalized spacial score (nSPS) is 32.5. The third-order valence-corrected chi connectivity index (χ3v) is 7.04. The number of rotatable bonds is 4. The molecule has 0 bridgehead atoms. The standard InChI is InChI=1S/C26H31NO5/c1-16-15-25(2,14-12-20(16)28)13-11-17-9-10-19-21(22(17)29)26(31,18-7-5-4-6-8-18)23(32-3)24(30)27-19/h4-11,13,16,20,23,28-29,31H,12,14-15H2,1-3H3,(H,27,30)/b13-11+/t16?,20-,23?,25?,26?/m1/s1. The van der Waals surface area contributed by atoms with Crippen LogP contribution in [0.15, 0.2) is 48.5 Å². The minimum Gasteiger partial charge on any atom is -0.507 e. The Balaban J connectivity index is 1.79. The Hall–Kier alpha value is -2.67. The number of hydrogen-bond acceptors (Lipinski definition) is 5. The summed E-state index contributed by atoms with van der Waals surface area (Å²) in [7, 11) is 1.36. The molecule has 5 atom stereocenters. The zero-order valence-corrected chi connectivity index (χ0v) is 18.7. The van der Waals surface area contributed by atoms with Crippen LogP contribution in [0.4, 0.5) is 5.69 Å². The summed E-state index contributed by atoms with van der Waals surface area (Å²) in [6, 6.07) is 12.2. The van der Waals surface area contributed by atoms with Gasteiger partial charge in [-0.25, -0.2) is 0 Å². The minimum absolute atomic E-state index is 0.0972. The number of fused-ring (bicyclic) bond motifs is 1. The van der Waals surface area contributed by atoms with Crippen molar-refractivity contribution in [3.05, 3.63) is 65.2 Å². The third kappa shape index (κ3) is 3.72. The van der Waals surface area contributed by atoms with Crippen LogP contribution in [0.2, 0.25) is 0 Å². The lowest BCUT2D eigenvalue weighted by atomic mass is 9.70. The van der Waals surface area contributed by atoms with Crippen LogP contribution in [-0.4, -0.2) is 40.5 Å². The predicted molar refractivity (Wildman–Crippen MR) is 123 cm³/mol. The van der Waals surface area contributed by atoms with Crippen molar-refractivity contribution in [1.29, 1.82) is 0 Å². The van der Waals surface area contributed by atoms with E-state index in [2.05, 4.69) is 25.2 Å². The number of ether oxygens (including phenoxy) is 1. The van der Waals surface area contributed by atoms with E-state index in [1.54, 1.807) is 36.4 Å². The summed E-state index contributed by atoms with van der Waals surface area (Å²) in [5.74, 6) is -0.368. The number of aromatic hydroxyl groups is 1. The van der Waals surface area contributed by atoms with Gasteiger partial charge in [0.25, 0.3) is 5.91 Å². The monoisotopic (exact) mass is 437 g/mol. The van der Waals surface area contributed by atoms with E-state index in [0.717, 1.165) is 19.3 Å². The van der Waals surface area contributed by atoms with Gasteiger partial charge in [0.1, 0.15) is 5.75 Å². The Morgan fingerprint density at radius 3 is 2.56 bits per heavy atom. The van der Waals surface area contributed by atoms with Crippen LogP contribution in [0.1, 0.15) is 49.8 Å². The van der Waals surface area contributed by atoms with Crippen molar-refractivity contribution in [2.75, 3.05) is 12.4 Å². The van der Waals surface area contributed by atoms with Gasteiger partial charge in [-0.2, -0.15) is 0 Å². The zero-order valence-electron chi connectivity index (χ0n) is 18.7. The summed E-state index contributed by atoms with van der Waals surface area (Å²) < 4.78 is 5.40. The molecule has 1 aliphatic carbocycles. The molecule has 170 valence electrons. The fourth-order valence-electron chi connectivity index (χ4n) is 5.19. The number of carbonyl (C=O) groups is 1. The number of phenolic OH excluding ortho intramolecular Hbond substituents is 1. The first kappa shape index (κ1) is 22.5. The van der Waals surface area contributed by atoms with Crippen molar-refractivity contribution >= 4 is 17.7 Å². The molecule has 32 heavy (non-hydrogen) atoms. The van der Waals surface area contributed by atoms with Crippen LogP contribution in [0.5, 0.6) is 5.75 Å². The molecule has 2 aliphatic rings. The Morgan fingerprint density at radius 1 is 1.19 bits per heavy atom. The lowest BCUT2D eigenvalue weighted by Crippen LogP contribution is -2.52. The molecule has 6 heteroatoms. The summed E-state index contributed by atoms with van der Waals surface area (Å²) in [6.07, 6.45) is 4.90. The molecule has 4 unspecified atom stereocenters. The van der Waals surface area contributed by atoms with Gasteiger partial charge in [-0.15, -0.1) is 0 Å². The molecule has 2 aromatic rings. The van der Waals surface area contributed by atoms with Gasteiger partial charge in [-0.3, -0.25) is 4.79 Å². The number of hydrogen-bond donors (Lipinski definition) is 4. The van der Waals surface area contributed by atoms with E-state index in [1.165, 1.54) is 7.11 Å². The van der Waals surface area contributed by atoms with Gasteiger partial charge in [0, 0.05) is 12.7 Å². The Labute approximate surface area is 188 Å². The van der Waals surface area contributed by atoms with Crippen LogP contribution in [-0.2, 0) is 15.1 Å². The van der Waals surface area contributed by atoms with Crippen LogP contribution in [0.3, 0.4) is 0 Å². The number of aliphatic hydroxyl groups excluding tert-OH is 1. The van der Waals surface area contributed by atoms with Gasteiger partial charge < -0.3 is 25.4 Å². The number of nitrogens with one attached hydrogen (secondary N) is 1. The number of allylic oxidation sites excluding steroid dienone is 1. The lowest BCUT2D eigenvalue weighted by molar-refractivity contribution is -0.142. The average molecular weight is 438 g/mol. The summed E-state index contributed by atoms with van der Waals surface area (Å²) in [5, 5.41) is 36.0. The molecule has 1 saturated carbocycles. The fraction of sp³-hybridized carbons (Fsp3) is 0.423. The smallest absolute Gasteiger partial charge is 0.257 e. The topological polar surface area (TPSA) is 99.0 Å². The fourth-order valence-corrected chi connectivity index (χ4v) is 5.19. The van der Waals surface area contributed by atoms with Crippen molar-refractivity contribution in [2.24, 2.45) is 11.3 Å². The molecule has 1 amide bonds. The molecular weight excluding hydrogens is 406 g/mol. The third-order valence-electron chi connectivity index (χ3n) is 7.04. The number of phenols is 1. The van der Waals surface area contributed by atoms with E-state index in [0.29, 0.717) is 16.8 Å². The Kier molecular flexibility index (Phi) is 5.88. The lowest BCUT2D eigenvalue weighted by Gasteiger charge is -2.40. The van der Waals surface area contributed by atoms with Gasteiger partial charge in [-0.1, -0.05) is 56.3 Å². The molecule has 2 aromatic carbocycles. The highest BCUT2D eigenvalue weighted by Crippen LogP contribution is 2.48. The maximum atomic E-state index is 12.7. The quantitative estimate of drug-likeness (QED) is 0.583. The van der Waals surface area contributed by atoms with Crippen LogP contribution in [0, 0.1) is 11.3 Å². The van der Waals surface area contributed by atoms with Gasteiger partial charge >= 0.3 is 0 Å². The number of carbonyl (C=O) groups excluding carboxylic acids is 1. The number of aliphatic hydroxyl groups is 2. The molecule has 0 radical (unpaired) electrons. The average Bonchev–Trinajstić information content (AvgIpc) is 2.77. The van der Waals surface area contributed by atoms with Crippen molar-refractivity contribution in [1.82, 2.24) is 0 Å². The molecule has 0 aromatic heterocycles. The number of benzene rings is 2. The van der Waals surface area contributed by atoms with Gasteiger partial charge in [0.2, 0.25) is 0 Å². The summed E-state index contributed by atoms with van der Waals surface area (Å²) in [5.41, 5.74) is -0.375. The highest BCUT2D eigenvalue weighted by molar-refractivity contribution is 6.00. The van der Waals surface area contributed by atoms with E-state index in [9.17, 15) is 20.1 Å². The van der Waals surface area contributed by atoms with Crippen LogP contribution in [0.25, 0.3) is 6.08 Å². The van der Waals surface area contributed by atoms with E-state index >= 15 is 0 Å². The first-order valence-corrected chi connectivity index (χ1v) is 11.0. The van der Waals surface area contributed by atoms with E-state index < -0.39 is 17.6 Å². The first-order chi connectivity index (χ1) is 15.2. The summed E-state index contributed by atoms with van der Waals surface area (Å²) in [4.78, 5) is 12.7. The number of anilines is 1. The van der Waals surface area contributed by atoms with Gasteiger partial charge in [0.15, 0.2) is 11.7 Å². The Bertz CT molecular complexity index is 1040. The molecule has 4 N–H and O–H groups in total. The Morgan fingerprint density at radius 2 is 1.91 bits per heavy atom. The first-order valence-electron chi connectivity index (χ1n) is 11.0. The summed E-state index contributed by atoms with van der Waals surface area (Å²) in [6.45, 7) is 4.21. The minimum atomic E-state index is -1.85. The second-order valence-corrected chi connectivity index (χ2v) is 9.44. The van der Waals surface area contributed by atoms with Gasteiger partial charge in [-0.05, 0) is 48.3 Å². The van der Waals surface area contributed by atoms with Crippen molar-refractivity contribution < 1.29 is 24.9 Å². The number of amides is 1. The highest BCUT2D eigenvalue weighted by atomic mass is 16.5. The molecular formula is C26H31NO5. The molecule has 0 spiro atoms. The molecule has 6 nitrogen and oxygen atoms in total. The van der Waals surface area contributed by atoms with Crippen molar-refractivity contribution in [3.63, 3.8) is 0 Å². The van der Waals surface area contributed by atoms with E-state index in [4.69, 9.17) is 4.74 Å². The predicted octanol–water partition coefficient (Wildman–Crippen LogP) is 3.80. The molecule has 4 rings (SSSR count). The summed E-state index contributed by atoms with van der Waals surface area (Å²) >= 11 is 0. The maximum absolute atomic E-state index is 12.7. The SMILES string of the molecule is COC1C(=O)Nc2ccc(/C=C/C3(C)CC[C@@H](O)C(C)C3)c(O)c2C1(O)c1ccccc1. The molecule has 1 aliphatic heterocycles. The van der Waals surface area contributed by atoms with E-state index in [-0.39, 0.29) is 28.7 Å². The maximum Gasteiger partial charge on any atom is 0.257 e. The van der Waals surface area contributed by atoms with E-state index in [1.807, 2.05) is 12.1 Å². The second-order valence-electron chi connectivity index (χ2n) is 9.44. The zero-order chi connectivity index (χ0) is 23.1. The largest absolute Gasteiger partial charge is 0.507 e. The van der Waals surface area contributed by atoms with Crippen LogP contribution < -0.4 is 5.32 Å². The van der Waals surface area contributed by atoms with Crippen LogP contribution >= 0.6 is 0 Å². The number of methoxy groups -OCH3 is 1. The van der Waals surface area contributed by atoms with Gasteiger partial charge in [0.05, 0.1) is 17.4 Å². The molecule has 1 heterocycles. The molecule has 1 fully saturated rings.